The highest BCUT2D eigenvalue weighted by atomic mass is 16.5. The fourth-order valence-corrected chi connectivity index (χ4v) is 4.84. The van der Waals surface area contributed by atoms with Gasteiger partial charge >= 0.3 is 0 Å². The van der Waals surface area contributed by atoms with E-state index in [0.29, 0.717) is 19.4 Å². The predicted octanol–water partition coefficient (Wildman–Crippen LogP) is 4.20. The number of rotatable bonds is 5. The summed E-state index contributed by atoms with van der Waals surface area (Å²) in [5.74, 6) is -0.129. The van der Waals surface area contributed by atoms with E-state index >= 15 is 0 Å². The molecule has 6 nitrogen and oxygen atoms in total. The van der Waals surface area contributed by atoms with Crippen LogP contribution >= 0.6 is 0 Å². The van der Waals surface area contributed by atoms with Gasteiger partial charge < -0.3 is 19.9 Å². The van der Waals surface area contributed by atoms with E-state index in [1.54, 1.807) is 4.90 Å². The summed E-state index contributed by atoms with van der Waals surface area (Å²) in [4.78, 5) is 30.3. The standard InChI is InChI=1S/C27H29N3O3/c1-27(26(32)28-22-9-11-23(12-10-22)29-15-17-33-18-16-29)14-13-25(31)30(27)19-21-7-4-6-20-5-2-3-8-24(20)21/h2-12H,13-19H2,1H3,(H,28,32)/t27-/m0/s1. The van der Waals surface area contributed by atoms with Crippen LogP contribution in [0.15, 0.2) is 66.7 Å². The smallest absolute Gasteiger partial charge is 0.250 e. The van der Waals surface area contributed by atoms with E-state index in [1.165, 1.54) is 0 Å². The summed E-state index contributed by atoms with van der Waals surface area (Å²) in [7, 11) is 0. The Hall–Kier alpha value is -3.38. The summed E-state index contributed by atoms with van der Waals surface area (Å²) >= 11 is 0. The Bertz CT molecular complexity index is 1170. The molecule has 2 aliphatic heterocycles. The van der Waals surface area contributed by atoms with Crippen LogP contribution in [0.25, 0.3) is 10.8 Å². The summed E-state index contributed by atoms with van der Waals surface area (Å²) in [5.41, 5.74) is 2.02. The molecule has 6 heteroatoms. The lowest BCUT2D eigenvalue weighted by molar-refractivity contribution is -0.138. The van der Waals surface area contributed by atoms with Crippen molar-refractivity contribution >= 4 is 34.0 Å². The van der Waals surface area contributed by atoms with Crippen LogP contribution < -0.4 is 10.2 Å². The first-order valence-corrected chi connectivity index (χ1v) is 11.6. The van der Waals surface area contributed by atoms with Crippen molar-refractivity contribution in [1.29, 1.82) is 0 Å². The zero-order chi connectivity index (χ0) is 22.8. The van der Waals surface area contributed by atoms with E-state index in [9.17, 15) is 9.59 Å². The van der Waals surface area contributed by atoms with Crippen molar-refractivity contribution in [3.63, 3.8) is 0 Å². The molecule has 170 valence electrons. The van der Waals surface area contributed by atoms with Crippen LogP contribution in [0.2, 0.25) is 0 Å². The third-order valence-electron chi connectivity index (χ3n) is 6.92. The van der Waals surface area contributed by atoms with Crippen molar-refractivity contribution < 1.29 is 14.3 Å². The van der Waals surface area contributed by atoms with Crippen LogP contribution in [-0.2, 0) is 20.9 Å². The fourth-order valence-electron chi connectivity index (χ4n) is 4.84. The van der Waals surface area contributed by atoms with Crippen molar-refractivity contribution in [3.05, 3.63) is 72.3 Å². The van der Waals surface area contributed by atoms with Gasteiger partial charge in [0.25, 0.3) is 0 Å². The SMILES string of the molecule is C[C@@]1(C(=O)Nc2ccc(N3CCOCC3)cc2)CCC(=O)N1Cc1cccc2ccccc12. The minimum Gasteiger partial charge on any atom is -0.378 e. The second kappa shape index (κ2) is 8.87. The number of nitrogens with zero attached hydrogens (tertiary/aromatic N) is 2. The quantitative estimate of drug-likeness (QED) is 0.642. The van der Waals surface area contributed by atoms with Crippen molar-refractivity contribution in [2.75, 3.05) is 36.5 Å². The minimum absolute atomic E-state index is 0.0169. The highest BCUT2D eigenvalue weighted by Crippen LogP contribution is 2.34. The van der Waals surface area contributed by atoms with Crippen molar-refractivity contribution in [1.82, 2.24) is 4.90 Å². The average Bonchev–Trinajstić information content (AvgIpc) is 3.15. The number of benzene rings is 3. The van der Waals surface area contributed by atoms with Crippen molar-refractivity contribution in [2.24, 2.45) is 0 Å². The van der Waals surface area contributed by atoms with E-state index in [1.807, 2.05) is 55.5 Å². The van der Waals surface area contributed by atoms with Gasteiger partial charge in [-0.1, -0.05) is 42.5 Å². The monoisotopic (exact) mass is 443 g/mol. The first-order chi connectivity index (χ1) is 16.0. The molecule has 5 rings (SSSR count). The van der Waals surface area contributed by atoms with Gasteiger partial charge in [-0.05, 0) is 53.9 Å². The van der Waals surface area contributed by atoms with Gasteiger partial charge in [-0.2, -0.15) is 0 Å². The summed E-state index contributed by atoms with van der Waals surface area (Å²) in [6.07, 6.45) is 0.888. The maximum atomic E-state index is 13.4. The average molecular weight is 444 g/mol. The largest absolute Gasteiger partial charge is 0.378 e. The topological polar surface area (TPSA) is 61.9 Å². The van der Waals surface area contributed by atoms with Crippen LogP contribution in [0.1, 0.15) is 25.3 Å². The van der Waals surface area contributed by atoms with E-state index in [2.05, 4.69) is 28.4 Å². The molecule has 3 aromatic rings. The number of ether oxygens (including phenoxy) is 1. The third-order valence-corrected chi connectivity index (χ3v) is 6.92. The zero-order valence-electron chi connectivity index (χ0n) is 18.9. The molecule has 0 unspecified atom stereocenters. The van der Waals surface area contributed by atoms with Gasteiger partial charge in [-0.3, -0.25) is 9.59 Å². The Morgan fingerprint density at radius 1 is 1.00 bits per heavy atom. The lowest BCUT2D eigenvalue weighted by Crippen LogP contribution is -2.51. The van der Waals surface area contributed by atoms with E-state index in [-0.39, 0.29) is 11.8 Å². The van der Waals surface area contributed by atoms with E-state index < -0.39 is 5.54 Å². The fraction of sp³-hybridized carbons (Fsp3) is 0.333. The Morgan fingerprint density at radius 3 is 2.52 bits per heavy atom. The van der Waals surface area contributed by atoms with Crippen LogP contribution in [0.5, 0.6) is 0 Å². The Labute approximate surface area is 194 Å². The molecule has 0 saturated carbocycles. The van der Waals surface area contributed by atoms with Gasteiger partial charge in [0, 0.05) is 37.4 Å². The molecule has 2 heterocycles. The maximum absolute atomic E-state index is 13.4. The lowest BCUT2D eigenvalue weighted by atomic mass is 9.96. The van der Waals surface area contributed by atoms with E-state index in [0.717, 1.165) is 54.0 Å². The zero-order valence-corrected chi connectivity index (χ0v) is 18.9. The summed E-state index contributed by atoms with van der Waals surface area (Å²) in [6, 6.07) is 22.2. The number of anilines is 2. The number of carbonyl (C=O) groups excluding carboxylic acids is 2. The van der Waals surface area contributed by atoms with Gasteiger partial charge in [0.15, 0.2) is 0 Å². The Morgan fingerprint density at radius 2 is 1.73 bits per heavy atom. The molecule has 3 aromatic carbocycles. The van der Waals surface area contributed by atoms with Crippen LogP contribution in [0, 0.1) is 0 Å². The summed E-state index contributed by atoms with van der Waals surface area (Å²) < 4.78 is 5.42. The number of likely N-dealkylation sites (tertiary alicyclic amines) is 1. The van der Waals surface area contributed by atoms with Crippen LogP contribution in [-0.4, -0.2) is 48.6 Å². The van der Waals surface area contributed by atoms with Gasteiger partial charge in [0.2, 0.25) is 11.8 Å². The highest BCUT2D eigenvalue weighted by molar-refractivity contribution is 6.02. The molecule has 0 bridgehead atoms. The second-order valence-corrected chi connectivity index (χ2v) is 8.99. The molecule has 2 saturated heterocycles. The third kappa shape index (κ3) is 4.18. The Balaban J connectivity index is 1.33. The number of hydrogen-bond acceptors (Lipinski definition) is 4. The normalized spacial score (nSPS) is 20.9. The number of amides is 2. The number of fused-ring (bicyclic) bond motifs is 1. The van der Waals surface area contributed by atoms with Gasteiger partial charge in [-0.25, -0.2) is 0 Å². The van der Waals surface area contributed by atoms with Crippen molar-refractivity contribution in [3.8, 4) is 0 Å². The molecule has 0 radical (unpaired) electrons. The molecule has 0 spiro atoms. The van der Waals surface area contributed by atoms with Gasteiger partial charge in [0.1, 0.15) is 5.54 Å². The molecule has 2 fully saturated rings. The molecule has 2 aliphatic rings. The summed E-state index contributed by atoms with van der Waals surface area (Å²) in [6.45, 7) is 5.50. The van der Waals surface area contributed by atoms with Gasteiger partial charge in [0.05, 0.1) is 13.2 Å². The van der Waals surface area contributed by atoms with Gasteiger partial charge in [-0.15, -0.1) is 0 Å². The number of carbonyl (C=O) groups is 2. The molecular formula is C27H29N3O3. The lowest BCUT2D eigenvalue weighted by Gasteiger charge is -2.34. The molecule has 0 aliphatic carbocycles. The minimum atomic E-state index is -0.892. The number of nitrogens with one attached hydrogen (secondary N) is 1. The molecule has 2 amide bonds. The predicted molar refractivity (Wildman–Crippen MR) is 130 cm³/mol. The second-order valence-electron chi connectivity index (χ2n) is 8.99. The number of morpholine rings is 1. The first kappa shape index (κ1) is 21.5. The number of hydrogen-bond donors (Lipinski definition) is 1. The van der Waals surface area contributed by atoms with E-state index in [4.69, 9.17) is 4.74 Å². The molecular weight excluding hydrogens is 414 g/mol. The van der Waals surface area contributed by atoms with Crippen LogP contribution in [0.3, 0.4) is 0 Å². The molecule has 0 aromatic heterocycles. The Kier molecular flexibility index (Phi) is 5.77. The maximum Gasteiger partial charge on any atom is 0.250 e. The summed E-state index contributed by atoms with van der Waals surface area (Å²) in [5, 5.41) is 5.30. The molecule has 1 N–H and O–H groups in total. The first-order valence-electron chi connectivity index (χ1n) is 11.6. The van der Waals surface area contributed by atoms with Crippen LogP contribution in [0.4, 0.5) is 11.4 Å². The van der Waals surface area contributed by atoms with Crippen molar-refractivity contribution in [2.45, 2.75) is 31.8 Å². The molecule has 1 atom stereocenters. The molecule has 33 heavy (non-hydrogen) atoms. The highest BCUT2D eigenvalue weighted by Gasteiger charge is 2.47.